The molecule has 2 atom stereocenters. The molecule has 0 radical (unpaired) electrons. The van der Waals surface area contributed by atoms with Crippen LogP contribution in [0, 0.1) is 5.82 Å². The van der Waals surface area contributed by atoms with E-state index in [9.17, 15) is 14.3 Å². The van der Waals surface area contributed by atoms with Gasteiger partial charge in [-0.15, -0.1) is 0 Å². The SMILES string of the molecule is CC(O)CC1CCCN1CC(=O)Nc1nc2ccc(F)cc2s1. The standard InChI is InChI=1S/C16H20FN3O2S/c1-10(21)7-12-3-2-6-20(12)9-15(22)19-16-18-13-5-4-11(17)8-14(13)23-16/h4-5,8,10,12,21H,2-3,6-7,9H2,1H3,(H,18,19,22). The summed E-state index contributed by atoms with van der Waals surface area (Å²) >= 11 is 1.27. The van der Waals surface area contributed by atoms with Crippen molar-refractivity contribution in [3.05, 3.63) is 24.0 Å². The number of benzene rings is 1. The van der Waals surface area contributed by atoms with E-state index in [0.717, 1.165) is 19.4 Å². The number of fused-ring (bicyclic) bond motifs is 1. The second-order valence-electron chi connectivity index (χ2n) is 6.03. The number of nitrogens with zero attached hydrogens (tertiary/aromatic N) is 2. The van der Waals surface area contributed by atoms with E-state index in [-0.39, 0.29) is 23.9 Å². The van der Waals surface area contributed by atoms with E-state index in [0.29, 0.717) is 28.3 Å². The maximum Gasteiger partial charge on any atom is 0.240 e. The molecule has 2 heterocycles. The Morgan fingerprint density at radius 2 is 2.43 bits per heavy atom. The molecule has 2 aromatic rings. The first-order chi connectivity index (χ1) is 11.0. The number of hydrogen-bond donors (Lipinski definition) is 2. The van der Waals surface area contributed by atoms with E-state index in [1.54, 1.807) is 13.0 Å². The Balaban J connectivity index is 1.61. The van der Waals surface area contributed by atoms with E-state index in [2.05, 4.69) is 15.2 Å². The van der Waals surface area contributed by atoms with E-state index in [1.807, 2.05) is 0 Å². The van der Waals surface area contributed by atoms with Gasteiger partial charge in [-0.05, 0) is 50.9 Å². The number of aliphatic hydroxyl groups excluding tert-OH is 1. The molecule has 2 unspecified atom stereocenters. The van der Waals surface area contributed by atoms with Crippen LogP contribution in [0.2, 0.25) is 0 Å². The minimum atomic E-state index is -0.359. The number of anilines is 1. The van der Waals surface area contributed by atoms with Crippen molar-refractivity contribution in [3.8, 4) is 0 Å². The number of carbonyl (C=O) groups excluding carboxylic acids is 1. The van der Waals surface area contributed by atoms with Crippen LogP contribution in [0.1, 0.15) is 26.2 Å². The smallest absolute Gasteiger partial charge is 0.240 e. The third kappa shape index (κ3) is 4.04. The first kappa shape index (κ1) is 16.3. The number of hydrogen-bond acceptors (Lipinski definition) is 5. The Kier molecular flexibility index (Phi) is 4.89. The number of thiazole rings is 1. The largest absolute Gasteiger partial charge is 0.393 e. The van der Waals surface area contributed by atoms with Gasteiger partial charge in [0.1, 0.15) is 5.82 Å². The molecule has 1 aliphatic rings. The average molecular weight is 337 g/mol. The predicted octanol–water partition coefficient (Wildman–Crippen LogP) is 2.61. The fraction of sp³-hybridized carbons (Fsp3) is 0.500. The molecule has 0 spiro atoms. The van der Waals surface area contributed by atoms with Crippen LogP contribution < -0.4 is 5.32 Å². The Morgan fingerprint density at radius 3 is 3.22 bits per heavy atom. The second kappa shape index (κ2) is 6.90. The summed E-state index contributed by atoms with van der Waals surface area (Å²) in [6.07, 6.45) is 2.39. The van der Waals surface area contributed by atoms with Gasteiger partial charge < -0.3 is 10.4 Å². The van der Waals surface area contributed by atoms with Gasteiger partial charge >= 0.3 is 0 Å². The lowest BCUT2D eigenvalue weighted by Gasteiger charge is -2.24. The number of aromatic nitrogens is 1. The van der Waals surface area contributed by atoms with Crippen molar-refractivity contribution < 1.29 is 14.3 Å². The molecule has 2 N–H and O–H groups in total. The fourth-order valence-electron chi connectivity index (χ4n) is 3.06. The van der Waals surface area contributed by atoms with Crippen molar-refractivity contribution >= 4 is 32.6 Å². The minimum Gasteiger partial charge on any atom is -0.393 e. The summed E-state index contributed by atoms with van der Waals surface area (Å²) in [5, 5.41) is 12.8. The van der Waals surface area contributed by atoms with E-state index >= 15 is 0 Å². The van der Waals surface area contributed by atoms with Crippen molar-refractivity contribution in [3.63, 3.8) is 0 Å². The molecule has 0 aliphatic carbocycles. The molecular formula is C16H20FN3O2S. The van der Waals surface area contributed by atoms with Crippen LogP contribution in [0.15, 0.2) is 18.2 Å². The molecule has 7 heteroatoms. The van der Waals surface area contributed by atoms with Gasteiger partial charge in [0, 0.05) is 6.04 Å². The third-order valence-corrected chi connectivity index (χ3v) is 4.99. The molecule has 1 aromatic carbocycles. The quantitative estimate of drug-likeness (QED) is 0.880. The van der Waals surface area contributed by atoms with Crippen LogP contribution in [0.5, 0.6) is 0 Å². The van der Waals surface area contributed by atoms with Crippen molar-refractivity contribution in [2.75, 3.05) is 18.4 Å². The highest BCUT2D eigenvalue weighted by Gasteiger charge is 2.27. The van der Waals surface area contributed by atoms with Crippen molar-refractivity contribution in [1.29, 1.82) is 0 Å². The molecule has 1 aromatic heterocycles. The van der Waals surface area contributed by atoms with E-state index < -0.39 is 0 Å². The highest BCUT2D eigenvalue weighted by Crippen LogP contribution is 2.27. The van der Waals surface area contributed by atoms with Crippen LogP contribution in [0.3, 0.4) is 0 Å². The zero-order chi connectivity index (χ0) is 16.4. The summed E-state index contributed by atoms with van der Waals surface area (Å²) in [4.78, 5) is 18.6. The number of amides is 1. The number of aliphatic hydroxyl groups is 1. The first-order valence-electron chi connectivity index (χ1n) is 7.79. The molecule has 5 nitrogen and oxygen atoms in total. The maximum atomic E-state index is 13.2. The summed E-state index contributed by atoms with van der Waals surface area (Å²) in [5.41, 5.74) is 0.680. The second-order valence-corrected chi connectivity index (χ2v) is 7.06. The predicted molar refractivity (Wildman–Crippen MR) is 89.1 cm³/mol. The summed E-state index contributed by atoms with van der Waals surface area (Å²) in [7, 11) is 0. The van der Waals surface area contributed by atoms with Gasteiger partial charge in [-0.1, -0.05) is 11.3 Å². The lowest BCUT2D eigenvalue weighted by atomic mass is 10.1. The van der Waals surface area contributed by atoms with Crippen LogP contribution in [0.25, 0.3) is 10.2 Å². The Morgan fingerprint density at radius 1 is 1.61 bits per heavy atom. The summed E-state index contributed by atoms with van der Waals surface area (Å²) < 4.78 is 13.9. The zero-order valence-corrected chi connectivity index (χ0v) is 13.8. The third-order valence-electron chi connectivity index (χ3n) is 4.06. The lowest BCUT2D eigenvalue weighted by molar-refractivity contribution is -0.117. The van der Waals surface area contributed by atoms with Crippen LogP contribution in [0.4, 0.5) is 9.52 Å². The normalized spacial score (nSPS) is 20.0. The Hall–Kier alpha value is -1.57. The van der Waals surface area contributed by atoms with E-state index in [1.165, 1.54) is 23.5 Å². The minimum absolute atomic E-state index is 0.123. The van der Waals surface area contributed by atoms with Crippen molar-refractivity contribution in [2.45, 2.75) is 38.3 Å². The van der Waals surface area contributed by atoms with Crippen molar-refractivity contribution in [1.82, 2.24) is 9.88 Å². The van der Waals surface area contributed by atoms with Gasteiger partial charge in [0.25, 0.3) is 0 Å². The zero-order valence-electron chi connectivity index (χ0n) is 13.0. The molecule has 1 aliphatic heterocycles. The molecule has 0 saturated carbocycles. The number of nitrogens with one attached hydrogen (secondary N) is 1. The highest BCUT2D eigenvalue weighted by atomic mass is 32.1. The molecule has 124 valence electrons. The monoisotopic (exact) mass is 337 g/mol. The summed E-state index contributed by atoms with van der Waals surface area (Å²) in [5.74, 6) is -0.431. The van der Waals surface area contributed by atoms with Crippen molar-refractivity contribution in [2.24, 2.45) is 0 Å². The molecule has 0 bridgehead atoms. The number of carbonyl (C=O) groups is 1. The van der Waals surface area contributed by atoms with Crippen LogP contribution in [-0.2, 0) is 4.79 Å². The highest BCUT2D eigenvalue weighted by molar-refractivity contribution is 7.22. The van der Waals surface area contributed by atoms with Gasteiger partial charge in [0.15, 0.2) is 5.13 Å². The summed E-state index contributed by atoms with van der Waals surface area (Å²) in [6.45, 7) is 2.94. The van der Waals surface area contributed by atoms with Gasteiger partial charge in [0.05, 0.1) is 22.9 Å². The van der Waals surface area contributed by atoms with Gasteiger partial charge in [-0.25, -0.2) is 9.37 Å². The maximum absolute atomic E-state index is 13.2. The molecule has 23 heavy (non-hydrogen) atoms. The van der Waals surface area contributed by atoms with Gasteiger partial charge in [-0.3, -0.25) is 9.69 Å². The Bertz CT molecular complexity index is 704. The molecule has 1 fully saturated rings. The molecule has 1 saturated heterocycles. The first-order valence-corrected chi connectivity index (χ1v) is 8.61. The van der Waals surface area contributed by atoms with Gasteiger partial charge in [0.2, 0.25) is 5.91 Å². The van der Waals surface area contributed by atoms with Crippen LogP contribution in [-0.4, -0.2) is 46.1 Å². The number of likely N-dealkylation sites (tertiary alicyclic amines) is 1. The van der Waals surface area contributed by atoms with E-state index in [4.69, 9.17) is 0 Å². The number of rotatable bonds is 5. The fourth-order valence-corrected chi connectivity index (χ4v) is 3.97. The Labute approximate surface area is 138 Å². The molecular weight excluding hydrogens is 317 g/mol. The average Bonchev–Trinajstić information content (AvgIpc) is 3.04. The summed E-state index contributed by atoms with van der Waals surface area (Å²) in [6, 6.07) is 4.64. The molecule has 3 rings (SSSR count). The number of halogens is 1. The lowest BCUT2D eigenvalue weighted by Crippen LogP contribution is -2.38. The molecule has 1 amide bonds. The topological polar surface area (TPSA) is 65.5 Å². The van der Waals surface area contributed by atoms with Crippen LogP contribution >= 0.6 is 11.3 Å². The van der Waals surface area contributed by atoms with Gasteiger partial charge in [-0.2, -0.15) is 0 Å².